The Morgan fingerprint density at radius 3 is 2.43 bits per heavy atom. The zero-order valence-electron chi connectivity index (χ0n) is 12.4. The average molecular weight is 322 g/mol. The maximum atomic E-state index is 12.7. The van der Waals surface area contributed by atoms with Gasteiger partial charge in [0.25, 0.3) is 0 Å². The molecule has 0 fully saturated rings. The summed E-state index contributed by atoms with van der Waals surface area (Å²) >= 11 is 0. The highest BCUT2D eigenvalue weighted by Gasteiger charge is 2.47. The van der Waals surface area contributed by atoms with Crippen molar-refractivity contribution in [1.82, 2.24) is 4.98 Å². The summed E-state index contributed by atoms with van der Waals surface area (Å²) in [6.45, 7) is 1.75. The summed E-state index contributed by atoms with van der Waals surface area (Å²) in [4.78, 5) is 18.2. The Labute approximate surface area is 130 Å². The molecule has 0 aliphatic carbocycles. The molecule has 1 aliphatic heterocycles. The van der Waals surface area contributed by atoms with E-state index in [1.165, 1.54) is 29.2 Å². The Kier molecular flexibility index (Phi) is 3.31. The highest BCUT2D eigenvalue weighted by molar-refractivity contribution is 6.09. The van der Waals surface area contributed by atoms with Crippen molar-refractivity contribution >= 4 is 11.6 Å². The fourth-order valence-electron chi connectivity index (χ4n) is 2.91. The second-order valence-corrected chi connectivity index (χ2v) is 5.45. The van der Waals surface area contributed by atoms with Crippen LogP contribution in [0.2, 0.25) is 0 Å². The van der Waals surface area contributed by atoms with Gasteiger partial charge in [0.05, 0.1) is 17.3 Å². The summed E-state index contributed by atoms with van der Waals surface area (Å²) < 4.78 is 40.6. The molecule has 1 atom stereocenters. The van der Waals surface area contributed by atoms with Gasteiger partial charge in [0.1, 0.15) is 5.75 Å². The number of hydrogen-bond acceptors (Lipinski definition) is 3. The third kappa shape index (κ3) is 2.42. The van der Waals surface area contributed by atoms with Gasteiger partial charge in [0.15, 0.2) is 0 Å². The summed E-state index contributed by atoms with van der Waals surface area (Å²) in [6.07, 6.45) is -1.56. The molecule has 7 heteroatoms. The fraction of sp³-hybridized carbons (Fsp3) is 0.250. The number of carbonyl (C=O) groups is 1. The van der Waals surface area contributed by atoms with E-state index in [0.717, 1.165) is 5.56 Å². The lowest BCUT2D eigenvalue weighted by molar-refractivity contribution is -0.274. The molecule has 1 amide bonds. The zero-order valence-corrected chi connectivity index (χ0v) is 12.4. The van der Waals surface area contributed by atoms with Gasteiger partial charge in [0.2, 0.25) is 5.91 Å². The molecule has 0 spiro atoms. The van der Waals surface area contributed by atoms with Crippen LogP contribution in [0.3, 0.4) is 0 Å². The van der Waals surface area contributed by atoms with E-state index in [0.29, 0.717) is 11.3 Å². The number of amides is 1. The predicted octanol–water partition coefficient (Wildman–Crippen LogP) is 3.26. The number of benzene rings is 1. The van der Waals surface area contributed by atoms with Gasteiger partial charge in [-0.2, -0.15) is 0 Å². The van der Waals surface area contributed by atoms with Crippen molar-refractivity contribution in [2.75, 3.05) is 11.9 Å². The molecule has 1 aliphatic rings. The van der Waals surface area contributed by atoms with Crippen molar-refractivity contribution < 1.29 is 22.7 Å². The van der Waals surface area contributed by atoms with Crippen LogP contribution in [0.5, 0.6) is 5.75 Å². The van der Waals surface area contributed by atoms with E-state index in [1.54, 1.807) is 32.4 Å². The molecule has 1 aromatic carbocycles. The first-order chi connectivity index (χ1) is 10.7. The smallest absolute Gasteiger partial charge is 0.406 e. The lowest BCUT2D eigenvalue weighted by Gasteiger charge is -2.24. The number of rotatable bonds is 2. The Balaban J connectivity index is 2.02. The van der Waals surface area contributed by atoms with Crippen molar-refractivity contribution in [2.45, 2.75) is 18.7 Å². The number of ether oxygens (including phenoxy) is 1. The third-order valence-corrected chi connectivity index (χ3v) is 4.10. The van der Waals surface area contributed by atoms with Crippen molar-refractivity contribution in [3.05, 3.63) is 53.9 Å². The van der Waals surface area contributed by atoms with Gasteiger partial charge in [-0.3, -0.25) is 9.78 Å². The van der Waals surface area contributed by atoms with Gasteiger partial charge in [-0.15, -0.1) is 13.2 Å². The normalized spacial score (nSPS) is 20.6. The fourth-order valence-corrected chi connectivity index (χ4v) is 2.91. The van der Waals surface area contributed by atoms with Crippen molar-refractivity contribution in [3.8, 4) is 5.75 Å². The summed E-state index contributed by atoms with van der Waals surface area (Å²) in [7, 11) is 1.65. The number of hydrogen-bond donors (Lipinski definition) is 0. The number of likely N-dealkylation sites (N-methyl/N-ethyl adjacent to an activating group) is 1. The molecule has 1 unspecified atom stereocenters. The second kappa shape index (κ2) is 4.97. The summed E-state index contributed by atoms with van der Waals surface area (Å²) in [5, 5.41) is 0. The van der Waals surface area contributed by atoms with Crippen LogP contribution < -0.4 is 9.64 Å². The summed E-state index contributed by atoms with van der Waals surface area (Å²) in [5.74, 6) is -0.483. The maximum Gasteiger partial charge on any atom is 0.573 e. The lowest BCUT2D eigenvalue weighted by atomic mass is 9.77. The second-order valence-electron chi connectivity index (χ2n) is 5.45. The minimum Gasteiger partial charge on any atom is -0.406 e. The van der Waals surface area contributed by atoms with E-state index in [9.17, 15) is 18.0 Å². The van der Waals surface area contributed by atoms with Crippen LogP contribution in [0.1, 0.15) is 18.1 Å². The standard InChI is InChI=1S/C16H13F3N2O2/c1-15(10-3-5-11(6-4-10)23-16(17,18)19)12-7-8-20-9-13(12)21(2)14(15)22/h3-9H,1-2H3. The van der Waals surface area contributed by atoms with E-state index in [-0.39, 0.29) is 11.7 Å². The maximum absolute atomic E-state index is 12.7. The van der Waals surface area contributed by atoms with E-state index in [1.807, 2.05) is 0 Å². The van der Waals surface area contributed by atoms with E-state index in [2.05, 4.69) is 9.72 Å². The quantitative estimate of drug-likeness (QED) is 0.852. The molecule has 1 aromatic heterocycles. The number of carbonyl (C=O) groups excluding carboxylic acids is 1. The molecule has 2 heterocycles. The number of halogens is 3. The molecule has 120 valence electrons. The van der Waals surface area contributed by atoms with Gasteiger partial charge in [-0.1, -0.05) is 12.1 Å². The Morgan fingerprint density at radius 1 is 1.17 bits per heavy atom. The summed E-state index contributed by atoms with van der Waals surface area (Å²) in [5.41, 5.74) is 1.08. The Hall–Kier alpha value is -2.57. The lowest BCUT2D eigenvalue weighted by Crippen LogP contribution is -2.37. The molecule has 23 heavy (non-hydrogen) atoms. The summed E-state index contributed by atoms with van der Waals surface area (Å²) in [6, 6.07) is 7.11. The predicted molar refractivity (Wildman–Crippen MR) is 77.2 cm³/mol. The topological polar surface area (TPSA) is 42.4 Å². The third-order valence-electron chi connectivity index (χ3n) is 4.10. The first-order valence-electron chi connectivity index (χ1n) is 6.82. The van der Waals surface area contributed by atoms with Crippen LogP contribution in [0.15, 0.2) is 42.7 Å². The van der Waals surface area contributed by atoms with Crippen LogP contribution in [-0.4, -0.2) is 24.3 Å². The number of fused-ring (bicyclic) bond motifs is 1. The van der Waals surface area contributed by atoms with Gasteiger partial charge in [-0.05, 0) is 36.2 Å². The minimum atomic E-state index is -4.74. The number of aromatic nitrogens is 1. The van der Waals surface area contributed by atoms with E-state index >= 15 is 0 Å². The molecule has 2 aromatic rings. The highest BCUT2D eigenvalue weighted by Crippen LogP contribution is 2.45. The number of alkyl halides is 3. The van der Waals surface area contributed by atoms with Crippen LogP contribution in [0.4, 0.5) is 18.9 Å². The van der Waals surface area contributed by atoms with Crippen LogP contribution in [0.25, 0.3) is 0 Å². The first-order valence-corrected chi connectivity index (χ1v) is 6.82. The van der Waals surface area contributed by atoms with Crippen LogP contribution in [0, 0.1) is 0 Å². The molecular weight excluding hydrogens is 309 g/mol. The molecule has 0 N–H and O–H groups in total. The molecule has 4 nitrogen and oxygen atoms in total. The van der Waals surface area contributed by atoms with Gasteiger partial charge in [-0.25, -0.2) is 0 Å². The zero-order chi connectivity index (χ0) is 16.8. The van der Waals surface area contributed by atoms with Crippen molar-refractivity contribution in [1.29, 1.82) is 0 Å². The number of nitrogens with zero attached hydrogens (tertiary/aromatic N) is 2. The van der Waals surface area contributed by atoms with Crippen molar-refractivity contribution in [3.63, 3.8) is 0 Å². The number of anilines is 1. The van der Waals surface area contributed by atoms with E-state index < -0.39 is 11.8 Å². The molecule has 0 saturated carbocycles. The van der Waals surface area contributed by atoms with Crippen molar-refractivity contribution in [2.24, 2.45) is 0 Å². The monoisotopic (exact) mass is 322 g/mol. The Bertz CT molecular complexity index is 759. The largest absolute Gasteiger partial charge is 0.573 e. The first kappa shape index (κ1) is 15.3. The molecule has 3 rings (SSSR count). The highest BCUT2D eigenvalue weighted by atomic mass is 19.4. The van der Waals surface area contributed by atoms with Crippen LogP contribution >= 0.6 is 0 Å². The minimum absolute atomic E-state index is 0.162. The van der Waals surface area contributed by atoms with Gasteiger partial charge >= 0.3 is 6.36 Å². The molecule has 0 bridgehead atoms. The molecular formula is C16H13F3N2O2. The molecule has 0 radical (unpaired) electrons. The molecule has 0 saturated heterocycles. The average Bonchev–Trinajstić information content (AvgIpc) is 2.70. The van der Waals surface area contributed by atoms with Crippen LogP contribution in [-0.2, 0) is 10.2 Å². The van der Waals surface area contributed by atoms with Gasteiger partial charge < -0.3 is 9.64 Å². The number of pyridine rings is 1. The Morgan fingerprint density at radius 2 is 1.83 bits per heavy atom. The SMILES string of the molecule is CN1C(=O)C(C)(c2ccc(OC(F)(F)F)cc2)c2ccncc21. The van der Waals surface area contributed by atoms with Gasteiger partial charge in [0, 0.05) is 13.2 Å². The van der Waals surface area contributed by atoms with E-state index in [4.69, 9.17) is 0 Å².